The number of rotatable bonds is 4. The van der Waals surface area contributed by atoms with Gasteiger partial charge >= 0.3 is 0 Å². The SMILES string of the molecule is COCC(C)Cn1c(C)cc2c1CC(C)(C)CC2=O. The van der Waals surface area contributed by atoms with Crippen molar-refractivity contribution >= 4 is 5.78 Å². The van der Waals surface area contributed by atoms with Crippen LogP contribution in [-0.2, 0) is 17.7 Å². The highest BCUT2D eigenvalue weighted by atomic mass is 16.5. The number of carbonyl (C=O) groups is 1. The summed E-state index contributed by atoms with van der Waals surface area (Å²) in [5, 5.41) is 0. The Morgan fingerprint density at radius 1 is 1.42 bits per heavy atom. The van der Waals surface area contributed by atoms with Crippen LogP contribution < -0.4 is 0 Å². The average Bonchev–Trinajstić information content (AvgIpc) is 2.56. The predicted octanol–water partition coefficient (Wildman–Crippen LogP) is 3.23. The van der Waals surface area contributed by atoms with Gasteiger partial charge in [-0.05, 0) is 30.7 Å². The van der Waals surface area contributed by atoms with Gasteiger partial charge in [0.25, 0.3) is 0 Å². The van der Waals surface area contributed by atoms with Crippen LogP contribution in [-0.4, -0.2) is 24.1 Å². The summed E-state index contributed by atoms with van der Waals surface area (Å²) < 4.78 is 7.54. The first-order chi connectivity index (χ1) is 8.84. The molecule has 19 heavy (non-hydrogen) atoms. The zero-order valence-corrected chi connectivity index (χ0v) is 12.7. The van der Waals surface area contributed by atoms with E-state index in [1.54, 1.807) is 7.11 Å². The fourth-order valence-corrected chi connectivity index (χ4v) is 3.11. The summed E-state index contributed by atoms with van der Waals surface area (Å²) in [4.78, 5) is 12.2. The molecule has 3 heteroatoms. The van der Waals surface area contributed by atoms with Gasteiger partial charge in [0.15, 0.2) is 5.78 Å². The van der Waals surface area contributed by atoms with Crippen molar-refractivity contribution in [3.05, 3.63) is 23.0 Å². The number of hydrogen-bond donors (Lipinski definition) is 0. The van der Waals surface area contributed by atoms with E-state index in [0.29, 0.717) is 18.1 Å². The van der Waals surface area contributed by atoms with Gasteiger partial charge in [-0.2, -0.15) is 0 Å². The molecule has 1 aromatic heterocycles. The first-order valence-corrected chi connectivity index (χ1v) is 7.05. The van der Waals surface area contributed by atoms with Gasteiger partial charge < -0.3 is 9.30 Å². The maximum atomic E-state index is 12.2. The second kappa shape index (κ2) is 5.12. The smallest absolute Gasteiger partial charge is 0.165 e. The van der Waals surface area contributed by atoms with Gasteiger partial charge in [0, 0.05) is 37.0 Å². The highest BCUT2D eigenvalue weighted by Gasteiger charge is 2.33. The van der Waals surface area contributed by atoms with Crippen LogP contribution in [0, 0.1) is 18.3 Å². The molecule has 1 atom stereocenters. The molecular weight excluding hydrogens is 238 g/mol. The van der Waals surface area contributed by atoms with Crippen molar-refractivity contribution in [1.29, 1.82) is 0 Å². The summed E-state index contributed by atoms with van der Waals surface area (Å²) in [6.07, 6.45) is 1.65. The lowest BCUT2D eigenvalue weighted by molar-refractivity contribution is 0.0908. The third-order valence-electron chi connectivity index (χ3n) is 3.95. The molecule has 0 radical (unpaired) electrons. The summed E-state index contributed by atoms with van der Waals surface area (Å²) in [6.45, 7) is 10.3. The Bertz CT molecular complexity index is 485. The molecule has 0 amide bonds. The van der Waals surface area contributed by atoms with Crippen molar-refractivity contribution in [3.63, 3.8) is 0 Å². The molecule has 0 fully saturated rings. The molecule has 0 saturated carbocycles. The quantitative estimate of drug-likeness (QED) is 0.835. The van der Waals surface area contributed by atoms with E-state index in [-0.39, 0.29) is 5.41 Å². The van der Waals surface area contributed by atoms with Crippen molar-refractivity contribution < 1.29 is 9.53 Å². The molecule has 2 rings (SSSR count). The van der Waals surface area contributed by atoms with Gasteiger partial charge in [-0.25, -0.2) is 0 Å². The molecule has 1 aliphatic carbocycles. The molecule has 0 aromatic carbocycles. The van der Waals surface area contributed by atoms with Gasteiger partial charge in [-0.3, -0.25) is 4.79 Å². The Hall–Kier alpha value is -1.09. The molecule has 1 aromatic rings. The lowest BCUT2D eigenvalue weighted by Crippen LogP contribution is -2.29. The number of fused-ring (bicyclic) bond motifs is 1. The molecule has 3 nitrogen and oxygen atoms in total. The van der Waals surface area contributed by atoms with Gasteiger partial charge in [0.2, 0.25) is 0 Å². The fraction of sp³-hybridized carbons (Fsp3) is 0.688. The number of Topliss-reactive ketones (excluding diaryl/α,β-unsaturated/α-hetero) is 1. The van der Waals surface area contributed by atoms with Crippen LogP contribution in [0.15, 0.2) is 6.07 Å². The van der Waals surface area contributed by atoms with Gasteiger partial charge in [0.05, 0.1) is 6.61 Å². The molecule has 106 valence electrons. The van der Waals surface area contributed by atoms with E-state index in [0.717, 1.165) is 25.1 Å². The van der Waals surface area contributed by atoms with E-state index in [9.17, 15) is 4.79 Å². The monoisotopic (exact) mass is 263 g/mol. The topological polar surface area (TPSA) is 31.2 Å². The molecule has 0 spiro atoms. The number of ketones is 1. The van der Waals surface area contributed by atoms with E-state index >= 15 is 0 Å². The molecule has 1 unspecified atom stereocenters. The zero-order chi connectivity index (χ0) is 14.2. The standard InChI is InChI=1S/C16H25NO2/c1-11(10-19-5)9-17-12(2)6-13-14(17)7-16(3,4)8-15(13)18/h6,11H,7-10H2,1-5H3. The van der Waals surface area contributed by atoms with Gasteiger partial charge in [-0.15, -0.1) is 0 Å². The minimum absolute atomic E-state index is 0.0805. The highest BCUT2D eigenvalue weighted by molar-refractivity contribution is 5.99. The van der Waals surface area contributed by atoms with Crippen molar-refractivity contribution in [3.8, 4) is 0 Å². The molecule has 0 saturated heterocycles. The predicted molar refractivity (Wildman–Crippen MR) is 76.6 cm³/mol. The van der Waals surface area contributed by atoms with E-state index in [4.69, 9.17) is 4.74 Å². The van der Waals surface area contributed by atoms with Crippen molar-refractivity contribution in [2.45, 2.75) is 47.1 Å². The normalized spacial score (nSPS) is 19.3. The van der Waals surface area contributed by atoms with Crippen molar-refractivity contribution in [2.24, 2.45) is 11.3 Å². The van der Waals surface area contributed by atoms with Crippen LogP contribution in [0.3, 0.4) is 0 Å². The average molecular weight is 263 g/mol. The number of ether oxygens (including phenoxy) is 1. The van der Waals surface area contributed by atoms with Crippen molar-refractivity contribution in [2.75, 3.05) is 13.7 Å². The number of aromatic nitrogens is 1. The number of carbonyl (C=O) groups excluding carboxylic acids is 1. The van der Waals surface area contributed by atoms with Crippen molar-refractivity contribution in [1.82, 2.24) is 4.57 Å². The Balaban J connectivity index is 2.33. The molecule has 0 bridgehead atoms. The zero-order valence-electron chi connectivity index (χ0n) is 12.7. The number of hydrogen-bond acceptors (Lipinski definition) is 2. The summed E-state index contributed by atoms with van der Waals surface area (Å²) >= 11 is 0. The largest absolute Gasteiger partial charge is 0.384 e. The minimum Gasteiger partial charge on any atom is -0.384 e. The third kappa shape index (κ3) is 2.92. The second-order valence-corrected chi connectivity index (χ2v) is 6.76. The molecule has 1 aliphatic rings. The fourth-order valence-electron chi connectivity index (χ4n) is 3.11. The summed E-state index contributed by atoms with van der Waals surface area (Å²) in [6, 6.07) is 2.06. The third-order valence-corrected chi connectivity index (χ3v) is 3.95. The Morgan fingerprint density at radius 2 is 2.11 bits per heavy atom. The van der Waals surface area contributed by atoms with E-state index < -0.39 is 0 Å². The van der Waals surface area contributed by atoms with Crippen LogP contribution >= 0.6 is 0 Å². The second-order valence-electron chi connectivity index (χ2n) is 6.76. The van der Waals surface area contributed by atoms with Gasteiger partial charge in [0.1, 0.15) is 0 Å². The van der Waals surface area contributed by atoms with E-state index in [1.807, 2.05) is 0 Å². The van der Waals surface area contributed by atoms with Gasteiger partial charge in [-0.1, -0.05) is 20.8 Å². The van der Waals surface area contributed by atoms with E-state index in [2.05, 4.69) is 38.3 Å². The summed E-state index contributed by atoms with van der Waals surface area (Å²) in [5.74, 6) is 0.757. The van der Waals surface area contributed by atoms with Crippen LogP contribution in [0.25, 0.3) is 0 Å². The van der Waals surface area contributed by atoms with Crippen LogP contribution in [0.2, 0.25) is 0 Å². The Kier molecular flexibility index (Phi) is 3.86. The maximum Gasteiger partial charge on any atom is 0.165 e. The van der Waals surface area contributed by atoms with Crippen LogP contribution in [0.5, 0.6) is 0 Å². The number of nitrogens with zero attached hydrogens (tertiary/aromatic N) is 1. The first-order valence-electron chi connectivity index (χ1n) is 7.05. The lowest BCUT2D eigenvalue weighted by atomic mass is 9.76. The Morgan fingerprint density at radius 3 is 2.74 bits per heavy atom. The number of aryl methyl sites for hydroxylation is 1. The number of methoxy groups -OCH3 is 1. The highest BCUT2D eigenvalue weighted by Crippen LogP contribution is 2.36. The molecule has 0 N–H and O–H groups in total. The summed E-state index contributed by atoms with van der Waals surface area (Å²) in [7, 11) is 1.74. The van der Waals surface area contributed by atoms with Crippen LogP contribution in [0.4, 0.5) is 0 Å². The first kappa shape index (κ1) is 14.3. The summed E-state index contributed by atoms with van der Waals surface area (Å²) in [5.41, 5.74) is 3.44. The molecular formula is C16H25NO2. The lowest BCUT2D eigenvalue weighted by Gasteiger charge is -2.30. The van der Waals surface area contributed by atoms with Crippen LogP contribution in [0.1, 0.15) is 48.9 Å². The molecule has 1 heterocycles. The molecule has 0 aliphatic heterocycles. The minimum atomic E-state index is 0.0805. The maximum absolute atomic E-state index is 12.2. The Labute approximate surface area is 115 Å². The van der Waals surface area contributed by atoms with E-state index in [1.165, 1.54) is 11.4 Å².